The van der Waals surface area contributed by atoms with E-state index in [4.69, 9.17) is 0 Å². The van der Waals surface area contributed by atoms with E-state index >= 15 is 0 Å². The van der Waals surface area contributed by atoms with Crippen molar-refractivity contribution < 1.29 is 13.9 Å². The van der Waals surface area contributed by atoms with E-state index in [9.17, 15) is 9.18 Å². The van der Waals surface area contributed by atoms with Crippen LogP contribution in [0.25, 0.3) is 0 Å². The van der Waals surface area contributed by atoms with E-state index < -0.39 is 0 Å². The van der Waals surface area contributed by atoms with Crippen LogP contribution in [0.5, 0.6) is 0 Å². The Bertz CT molecular complexity index is 506. The molecule has 1 rings (SSSR count). The van der Waals surface area contributed by atoms with Gasteiger partial charge in [0.15, 0.2) is 5.96 Å². The fourth-order valence-corrected chi connectivity index (χ4v) is 1.86. The van der Waals surface area contributed by atoms with Gasteiger partial charge in [-0.25, -0.2) is 4.39 Å². The number of nitrogens with zero attached hydrogens (tertiary/aromatic N) is 1. The largest absolute Gasteiger partial charge is 0.469 e. The summed E-state index contributed by atoms with van der Waals surface area (Å²) in [6.07, 6.45) is 0.689. The number of ether oxygens (including phenoxy) is 1. The first-order valence-electron chi connectivity index (χ1n) is 7.41. The highest BCUT2D eigenvalue weighted by Crippen LogP contribution is 2.03. The van der Waals surface area contributed by atoms with Crippen molar-refractivity contribution in [3.8, 4) is 0 Å². The van der Waals surface area contributed by atoms with E-state index in [1.54, 1.807) is 13.0 Å². The Morgan fingerprint density at radius 3 is 2.82 bits per heavy atom. The second-order valence-electron chi connectivity index (χ2n) is 4.95. The monoisotopic (exact) mass is 309 g/mol. The van der Waals surface area contributed by atoms with Crippen molar-refractivity contribution in [2.24, 2.45) is 10.9 Å². The minimum Gasteiger partial charge on any atom is -0.469 e. The summed E-state index contributed by atoms with van der Waals surface area (Å²) < 4.78 is 17.8. The van der Waals surface area contributed by atoms with Gasteiger partial charge in [0.2, 0.25) is 0 Å². The van der Waals surface area contributed by atoms with Crippen molar-refractivity contribution in [2.45, 2.75) is 20.3 Å². The number of carbonyl (C=O) groups excluding carboxylic acids is 1. The highest BCUT2D eigenvalue weighted by Gasteiger charge is 2.12. The molecule has 0 bridgehead atoms. The predicted octanol–water partition coefficient (Wildman–Crippen LogP) is 1.73. The fraction of sp³-hybridized carbons (Fsp3) is 0.500. The Morgan fingerprint density at radius 2 is 2.18 bits per heavy atom. The van der Waals surface area contributed by atoms with Crippen LogP contribution in [-0.4, -0.2) is 38.7 Å². The zero-order valence-electron chi connectivity index (χ0n) is 13.4. The Morgan fingerprint density at radius 1 is 1.41 bits per heavy atom. The van der Waals surface area contributed by atoms with E-state index in [2.05, 4.69) is 20.4 Å². The molecule has 0 spiro atoms. The number of aliphatic imine (C=N–C) groups is 1. The molecule has 0 aliphatic rings. The number of hydrogen-bond acceptors (Lipinski definition) is 3. The molecule has 0 aromatic heterocycles. The van der Waals surface area contributed by atoms with Crippen LogP contribution in [0, 0.1) is 11.7 Å². The first-order chi connectivity index (χ1) is 10.6. The molecule has 0 amide bonds. The molecule has 122 valence electrons. The number of esters is 1. The minimum atomic E-state index is -0.288. The first kappa shape index (κ1) is 17.9. The van der Waals surface area contributed by atoms with Crippen LogP contribution in [0.15, 0.2) is 29.3 Å². The van der Waals surface area contributed by atoms with Gasteiger partial charge in [-0.15, -0.1) is 0 Å². The van der Waals surface area contributed by atoms with Crippen molar-refractivity contribution in [2.75, 3.05) is 26.7 Å². The first-order valence-corrected chi connectivity index (χ1v) is 7.41. The molecule has 1 aromatic rings. The SMILES string of the molecule is CCNC(=NCC(C)C(=O)OC)NCCc1cccc(F)c1. The summed E-state index contributed by atoms with van der Waals surface area (Å²) in [7, 11) is 1.37. The van der Waals surface area contributed by atoms with E-state index in [0.717, 1.165) is 12.1 Å². The zero-order chi connectivity index (χ0) is 16.4. The topological polar surface area (TPSA) is 62.7 Å². The van der Waals surface area contributed by atoms with Crippen LogP contribution >= 0.6 is 0 Å². The van der Waals surface area contributed by atoms with Crippen molar-refractivity contribution in [1.29, 1.82) is 0 Å². The van der Waals surface area contributed by atoms with E-state index in [-0.39, 0.29) is 17.7 Å². The number of hydrogen-bond donors (Lipinski definition) is 2. The summed E-state index contributed by atoms with van der Waals surface area (Å²) in [5.74, 6) is -0.164. The zero-order valence-corrected chi connectivity index (χ0v) is 13.4. The summed E-state index contributed by atoms with van der Waals surface area (Å²) in [5.41, 5.74) is 0.922. The lowest BCUT2D eigenvalue weighted by molar-refractivity contribution is -0.144. The highest BCUT2D eigenvalue weighted by molar-refractivity contribution is 5.80. The highest BCUT2D eigenvalue weighted by atomic mass is 19.1. The van der Waals surface area contributed by atoms with Gasteiger partial charge in [-0.3, -0.25) is 9.79 Å². The normalized spacial score (nSPS) is 12.6. The lowest BCUT2D eigenvalue weighted by Gasteiger charge is -2.12. The third-order valence-electron chi connectivity index (χ3n) is 3.07. The molecule has 0 saturated heterocycles. The Balaban J connectivity index is 2.48. The van der Waals surface area contributed by atoms with Gasteiger partial charge in [0.05, 0.1) is 19.6 Å². The number of guanidine groups is 1. The number of carbonyl (C=O) groups is 1. The van der Waals surface area contributed by atoms with Gasteiger partial charge >= 0.3 is 5.97 Å². The average Bonchev–Trinajstić information content (AvgIpc) is 2.51. The van der Waals surface area contributed by atoms with Crippen molar-refractivity contribution in [3.63, 3.8) is 0 Å². The Hall–Kier alpha value is -2.11. The number of benzene rings is 1. The quantitative estimate of drug-likeness (QED) is 0.457. The van der Waals surface area contributed by atoms with Crippen molar-refractivity contribution >= 4 is 11.9 Å². The van der Waals surface area contributed by atoms with Crippen molar-refractivity contribution in [1.82, 2.24) is 10.6 Å². The standard InChI is InChI=1S/C16H24FN3O2/c1-4-18-16(20-11-12(2)15(21)22-3)19-9-8-13-6-5-7-14(17)10-13/h5-7,10,12H,4,8-9,11H2,1-3H3,(H2,18,19,20). The molecule has 2 N–H and O–H groups in total. The molecule has 5 nitrogen and oxygen atoms in total. The third-order valence-corrected chi connectivity index (χ3v) is 3.07. The van der Waals surface area contributed by atoms with Gasteiger partial charge in [-0.2, -0.15) is 0 Å². The number of methoxy groups -OCH3 is 1. The van der Waals surface area contributed by atoms with Gasteiger partial charge in [0.25, 0.3) is 0 Å². The summed E-state index contributed by atoms with van der Waals surface area (Å²) in [6, 6.07) is 6.53. The van der Waals surface area contributed by atoms with E-state index in [0.29, 0.717) is 25.5 Å². The third kappa shape index (κ3) is 6.56. The number of halogens is 1. The molecule has 0 fully saturated rings. The van der Waals surface area contributed by atoms with Crippen LogP contribution in [0.4, 0.5) is 4.39 Å². The van der Waals surface area contributed by atoms with Crippen LogP contribution < -0.4 is 10.6 Å². The fourth-order valence-electron chi connectivity index (χ4n) is 1.86. The molecule has 0 aliphatic carbocycles. The molecule has 1 atom stereocenters. The maximum absolute atomic E-state index is 13.1. The van der Waals surface area contributed by atoms with Crippen molar-refractivity contribution in [3.05, 3.63) is 35.6 Å². The number of rotatable bonds is 7. The molecular weight excluding hydrogens is 285 g/mol. The molecule has 0 aliphatic heterocycles. The Labute approximate surface area is 131 Å². The summed E-state index contributed by atoms with van der Waals surface area (Å²) in [4.78, 5) is 15.7. The lowest BCUT2D eigenvalue weighted by atomic mass is 10.1. The summed E-state index contributed by atoms with van der Waals surface area (Å²) in [5, 5.41) is 6.27. The van der Waals surface area contributed by atoms with Crippen LogP contribution in [-0.2, 0) is 16.0 Å². The Kier molecular flexibility index (Phi) is 7.96. The molecular formula is C16H24FN3O2. The summed E-state index contributed by atoms with van der Waals surface area (Å²) >= 11 is 0. The smallest absolute Gasteiger partial charge is 0.310 e. The van der Waals surface area contributed by atoms with Gasteiger partial charge in [0, 0.05) is 13.1 Å². The van der Waals surface area contributed by atoms with Gasteiger partial charge in [0.1, 0.15) is 5.82 Å². The van der Waals surface area contributed by atoms with Gasteiger partial charge < -0.3 is 15.4 Å². The average molecular weight is 309 g/mol. The van der Waals surface area contributed by atoms with E-state index in [1.165, 1.54) is 19.2 Å². The maximum atomic E-state index is 13.1. The second-order valence-corrected chi connectivity index (χ2v) is 4.95. The van der Waals surface area contributed by atoms with Crippen LogP contribution in [0.3, 0.4) is 0 Å². The predicted molar refractivity (Wildman–Crippen MR) is 85.3 cm³/mol. The van der Waals surface area contributed by atoms with Crippen LogP contribution in [0.1, 0.15) is 19.4 Å². The minimum absolute atomic E-state index is 0.232. The summed E-state index contributed by atoms with van der Waals surface area (Å²) in [6.45, 7) is 5.43. The second kappa shape index (κ2) is 9.76. The van der Waals surface area contributed by atoms with Crippen LogP contribution in [0.2, 0.25) is 0 Å². The van der Waals surface area contributed by atoms with Gasteiger partial charge in [-0.1, -0.05) is 19.1 Å². The molecule has 1 unspecified atom stereocenters. The molecule has 1 aromatic carbocycles. The number of nitrogens with one attached hydrogen (secondary N) is 2. The maximum Gasteiger partial charge on any atom is 0.310 e. The molecule has 22 heavy (non-hydrogen) atoms. The van der Waals surface area contributed by atoms with E-state index in [1.807, 2.05) is 13.0 Å². The molecule has 0 saturated carbocycles. The molecule has 6 heteroatoms. The lowest BCUT2D eigenvalue weighted by Crippen LogP contribution is -2.38. The van der Waals surface area contributed by atoms with Gasteiger partial charge in [-0.05, 0) is 31.0 Å². The molecule has 0 heterocycles. The molecule has 0 radical (unpaired) electrons.